The van der Waals surface area contributed by atoms with E-state index in [0.717, 1.165) is 5.56 Å². The molecule has 1 atom stereocenters. The van der Waals surface area contributed by atoms with E-state index in [-0.39, 0.29) is 43.1 Å². The number of benzene rings is 2. The molecule has 2 aliphatic heterocycles. The van der Waals surface area contributed by atoms with Crippen LogP contribution in [-0.2, 0) is 21.4 Å². The molecule has 1 saturated carbocycles. The third kappa shape index (κ3) is 3.63. The number of para-hydroxylation sites is 1. The van der Waals surface area contributed by atoms with E-state index in [1.165, 1.54) is 15.3 Å². The van der Waals surface area contributed by atoms with Gasteiger partial charge in [-0.3, -0.25) is 4.79 Å². The highest BCUT2D eigenvalue weighted by atomic mass is 32.2. The second kappa shape index (κ2) is 7.45. The van der Waals surface area contributed by atoms with E-state index < -0.39 is 27.2 Å². The molecule has 1 amide bonds. The molecule has 2 fully saturated rings. The minimum absolute atomic E-state index is 0.0686. The number of halogens is 1. The fourth-order valence-corrected chi connectivity index (χ4v) is 6.09. The van der Waals surface area contributed by atoms with Crippen LogP contribution >= 0.6 is 0 Å². The zero-order valence-electron chi connectivity index (χ0n) is 17.8. The number of hydrogen-bond donors (Lipinski definition) is 0. The number of methoxy groups -OCH3 is 1. The van der Waals surface area contributed by atoms with Gasteiger partial charge in [0.15, 0.2) is 5.67 Å². The van der Waals surface area contributed by atoms with Crippen molar-refractivity contribution in [1.29, 1.82) is 0 Å². The molecule has 1 spiro atoms. The fraction of sp³-hybridized carbons (Fsp3) is 0.435. The molecule has 0 N–H and O–H groups in total. The minimum Gasteiger partial charge on any atom is -0.497 e. The Labute approximate surface area is 186 Å². The molecular formula is C23H25FN2O5S. The monoisotopic (exact) mass is 460 g/mol. The van der Waals surface area contributed by atoms with Gasteiger partial charge in [-0.15, -0.1) is 0 Å². The van der Waals surface area contributed by atoms with Gasteiger partial charge in [-0.2, -0.15) is 4.31 Å². The third-order valence-electron chi connectivity index (χ3n) is 6.45. The first-order valence-corrected chi connectivity index (χ1v) is 12.1. The predicted molar refractivity (Wildman–Crippen MR) is 115 cm³/mol. The number of likely N-dealkylation sites (tertiary alicyclic amines) is 1. The van der Waals surface area contributed by atoms with Crippen molar-refractivity contribution in [1.82, 2.24) is 9.21 Å². The van der Waals surface area contributed by atoms with Gasteiger partial charge in [0.05, 0.1) is 20.2 Å². The molecular weight excluding hydrogens is 435 g/mol. The van der Waals surface area contributed by atoms with Crippen molar-refractivity contribution in [3.8, 4) is 11.5 Å². The van der Waals surface area contributed by atoms with Crippen LogP contribution in [0, 0.1) is 0 Å². The van der Waals surface area contributed by atoms with Crippen molar-refractivity contribution in [2.24, 2.45) is 0 Å². The average molecular weight is 461 g/mol. The summed E-state index contributed by atoms with van der Waals surface area (Å²) >= 11 is 0. The predicted octanol–water partition coefficient (Wildman–Crippen LogP) is 2.75. The van der Waals surface area contributed by atoms with Gasteiger partial charge < -0.3 is 14.4 Å². The van der Waals surface area contributed by atoms with Crippen LogP contribution < -0.4 is 9.47 Å². The average Bonchev–Trinajstić information content (AvgIpc) is 3.43. The normalized spacial score (nSPS) is 25.6. The van der Waals surface area contributed by atoms with Crippen LogP contribution in [-0.4, -0.2) is 61.5 Å². The van der Waals surface area contributed by atoms with Gasteiger partial charge >= 0.3 is 0 Å². The Bertz CT molecular complexity index is 1150. The Morgan fingerprint density at radius 1 is 1.09 bits per heavy atom. The van der Waals surface area contributed by atoms with Crippen molar-refractivity contribution >= 4 is 15.9 Å². The largest absolute Gasteiger partial charge is 0.497 e. The summed E-state index contributed by atoms with van der Waals surface area (Å²) in [4.78, 5) is 14.2. The van der Waals surface area contributed by atoms with E-state index >= 15 is 0 Å². The Morgan fingerprint density at radius 2 is 1.81 bits per heavy atom. The quantitative estimate of drug-likeness (QED) is 0.701. The SMILES string of the molecule is COc1ccc(CN2CC3(CCN(C(=O)C4(F)CC4)C3)Oc3ccccc3S2(=O)=O)cc1. The molecule has 1 unspecified atom stereocenters. The summed E-state index contributed by atoms with van der Waals surface area (Å²) < 4.78 is 54.4. The Kier molecular flexibility index (Phi) is 4.94. The fourth-order valence-electron chi connectivity index (χ4n) is 4.47. The zero-order valence-corrected chi connectivity index (χ0v) is 18.6. The summed E-state index contributed by atoms with van der Waals surface area (Å²) in [5, 5.41) is 0. The van der Waals surface area contributed by atoms with Crippen LogP contribution in [0.4, 0.5) is 4.39 Å². The van der Waals surface area contributed by atoms with E-state index in [9.17, 15) is 17.6 Å². The molecule has 2 aromatic rings. The second-order valence-corrected chi connectivity index (χ2v) is 10.7. The molecule has 1 saturated heterocycles. The molecule has 2 heterocycles. The minimum atomic E-state index is -3.85. The van der Waals surface area contributed by atoms with Crippen molar-refractivity contribution in [3.63, 3.8) is 0 Å². The van der Waals surface area contributed by atoms with Gasteiger partial charge in [0.1, 0.15) is 22.0 Å². The first-order valence-electron chi connectivity index (χ1n) is 10.6. The molecule has 0 aromatic heterocycles. The van der Waals surface area contributed by atoms with Crippen LogP contribution in [0.15, 0.2) is 53.4 Å². The molecule has 1 aliphatic carbocycles. The number of alkyl halides is 1. The van der Waals surface area contributed by atoms with Gasteiger partial charge in [-0.05, 0) is 42.7 Å². The molecule has 3 aliphatic rings. The molecule has 2 aromatic carbocycles. The lowest BCUT2D eigenvalue weighted by Crippen LogP contribution is -2.50. The van der Waals surface area contributed by atoms with Crippen LogP contribution in [0.25, 0.3) is 0 Å². The first kappa shape index (κ1) is 21.2. The lowest BCUT2D eigenvalue weighted by molar-refractivity contribution is -0.137. The lowest BCUT2D eigenvalue weighted by atomic mass is 10.0. The Balaban J connectivity index is 1.49. The highest BCUT2D eigenvalue weighted by Crippen LogP contribution is 2.44. The van der Waals surface area contributed by atoms with Gasteiger partial charge in [-0.25, -0.2) is 12.8 Å². The number of fused-ring (bicyclic) bond motifs is 1. The standard InChI is InChI=1S/C23H25FN2O5S/c1-30-18-8-6-17(7-9-18)14-26-16-22(12-13-25(15-22)21(27)23(24)10-11-23)31-19-4-2-3-5-20(19)32(26,28)29/h2-9H,10-16H2,1H3. The van der Waals surface area contributed by atoms with Gasteiger partial charge in [-0.1, -0.05) is 24.3 Å². The number of carbonyl (C=O) groups is 1. The number of carbonyl (C=O) groups excluding carboxylic acids is 1. The molecule has 9 heteroatoms. The highest BCUT2D eigenvalue weighted by molar-refractivity contribution is 7.89. The van der Waals surface area contributed by atoms with Gasteiger partial charge in [0.2, 0.25) is 10.0 Å². The van der Waals surface area contributed by atoms with E-state index in [4.69, 9.17) is 9.47 Å². The maximum absolute atomic E-state index is 14.4. The molecule has 0 bridgehead atoms. The summed E-state index contributed by atoms with van der Waals surface area (Å²) in [5.41, 5.74) is -1.90. The highest BCUT2D eigenvalue weighted by Gasteiger charge is 2.56. The number of amides is 1. The molecule has 5 rings (SSSR count). The summed E-state index contributed by atoms with van der Waals surface area (Å²) in [6.45, 7) is 0.704. The molecule has 170 valence electrons. The maximum atomic E-state index is 14.4. The van der Waals surface area contributed by atoms with Crippen molar-refractivity contribution in [2.75, 3.05) is 26.7 Å². The zero-order chi connectivity index (χ0) is 22.6. The first-order chi connectivity index (χ1) is 15.2. The number of sulfonamides is 1. The molecule has 32 heavy (non-hydrogen) atoms. The van der Waals surface area contributed by atoms with Crippen molar-refractivity contribution in [3.05, 3.63) is 54.1 Å². The van der Waals surface area contributed by atoms with Crippen molar-refractivity contribution < 1.29 is 27.1 Å². The Morgan fingerprint density at radius 3 is 2.50 bits per heavy atom. The van der Waals surface area contributed by atoms with Crippen LogP contribution in [0.5, 0.6) is 11.5 Å². The summed E-state index contributed by atoms with van der Waals surface area (Å²) in [7, 11) is -2.28. The van der Waals surface area contributed by atoms with E-state index in [0.29, 0.717) is 18.7 Å². The summed E-state index contributed by atoms with van der Waals surface area (Å²) in [6.07, 6.45) is 0.922. The van der Waals surface area contributed by atoms with Gasteiger partial charge in [0.25, 0.3) is 5.91 Å². The molecule has 0 radical (unpaired) electrons. The lowest BCUT2D eigenvalue weighted by Gasteiger charge is -2.32. The molecule has 7 nitrogen and oxygen atoms in total. The summed E-state index contributed by atoms with van der Waals surface area (Å²) in [5.74, 6) is 0.434. The number of ether oxygens (including phenoxy) is 2. The topological polar surface area (TPSA) is 76.2 Å². The summed E-state index contributed by atoms with van der Waals surface area (Å²) in [6, 6.07) is 13.8. The van der Waals surface area contributed by atoms with Crippen LogP contribution in [0.3, 0.4) is 0 Å². The van der Waals surface area contributed by atoms with E-state index in [1.54, 1.807) is 37.4 Å². The van der Waals surface area contributed by atoms with Crippen LogP contribution in [0.2, 0.25) is 0 Å². The smallest absolute Gasteiger partial charge is 0.260 e. The number of rotatable bonds is 4. The second-order valence-electron chi connectivity index (χ2n) is 8.79. The van der Waals surface area contributed by atoms with Gasteiger partial charge in [0, 0.05) is 19.5 Å². The number of nitrogens with zero attached hydrogens (tertiary/aromatic N) is 2. The van der Waals surface area contributed by atoms with E-state index in [1.807, 2.05) is 12.1 Å². The maximum Gasteiger partial charge on any atom is 0.260 e. The number of hydrogen-bond acceptors (Lipinski definition) is 5. The van der Waals surface area contributed by atoms with Crippen LogP contribution in [0.1, 0.15) is 24.8 Å². The van der Waals surface area contributed by atoms with E-state index in [2.05, 4.69) is 0 Å². The third-order valence-corrected chi connectivity index (χ3v) is 8.28. The van der Waals surface area contributed by atoms with Crippen molar-refractivity contribution in [2.45, 2.75) is 42.0 Å². The Hall–Kier alpha value is -2.65.